The molecule has 1 rings (SSSR count). The van der Waals surface area contributed by atoms with Gasteiger partial charge in [0.15, 0.2) is 6.29 Å². The van der Waals surface area contributed by atoms with E-state index in [9.17, 15) is 30.3 Å². The molecule has 6 N–H and O–H groups in total. The fourth-order valence-corrected chi connectivity index (χ4v) is 11.0. The average molecular weight is 1110 g/mol. The van der Waals surface area contributed by atoms with Gasteiger partial charge in [-0.3, -0.25) is 4.79 Å². The molecule has 9 heteroatoms. The summed E-state index contributed by atoms with van der Waals surface area (Å²) in [5.74, 6) is -0.182. The van der Waals surface area contributed by atoms with Gasteiger partial charge in [0.1, 0.15) is 24.4 Å². The first-order valence-corrected chi connectivity index (χ1v) is 34.4. The van der Waals surface area contributed by atoms with Gasteiger partial charge < -0.3 is 40.3 Å². The third-order valence-corrected chi connectivity index (χ3v) is 16.4. The third-order valence-electron chi connectivity index (χ3n) is 16.4. The highest BCUT2D eigenvalue weighted by molar-refractivity contribution is 5.76. The molecule has 1 heterocycles. The van der Waals surface area contributed by atoms with E-state index in [1.54, 1.807) is 6.08 Å². The van der Waals surface area contributed by atoms with Gasteiger partial charge in [-0.2, -0.15) is 0 Å². The molecule has 1 amide bonds. The van der Waals surface area contributed by atoms with Crippen LogP contribution >= 0.6 is 0 Å². The number of carbonyl (C=O) groups is 1. The van der Waals surface area contributed by atoms with Gasteiger partial charge in [-0.25, -0.2) is 0 Å². The van der Waals surface area contributed by atoms with Crippen molar-refractivity contribution in [2.24, 2.45) is 0 Å². The summed E-state index contributed by atoms with van der Waals surface area (Å²) in [7, 11) is 0. The molecule has 7 atom stereocenters. The second-order valence-corrected chi connectivity index (χ2v) is 24.0. The number of hydrogen-bond donors (Lipinski definition) is 6. The van der Waals surface area contributed by atoms with Crippen molar-refractivity contribution in [2.75, 3.05) is 13.2 Å². The van der Waals surface area contributed by atoms with Crippen molar-refractivity contribution in [1.29, 1.82) is 0 Å². The van der Waals surface area contributed by atoms with Crippen LogP contribution in [0.5, 0.6) is 0 Å². The van der Waals surface area contributed by atoms with Crippen LogP contribution in [-0.2, 0) is 14.3 Å². The zero-order chi connectivity index (χ0) is 57.2. The fraction of sp³-hybridized carbons (Fsp3) is 0.871. The molecule has 0 bridgehead atoms. The number of unbranched alkanes of at least 4 members (excludes halogenated alkanes) is 44. The van der Waals surface area contributed by atoms with E-state index >= 15 is 0 Å². The Morgan fingerprint density at radius 3 is 1.14 bits per heavy atom. The van der Waals surface area contributed by atoms with Crippen molar-refractivity contribution < 1.29 is 39.8 Å². The fourth-order valence-electron chi connectivity index (χ4n) is 11.0. The van der Waals surface area contributed by atoms with Gasteiger partial charge in [0.05, 0.1) is 25.4 Å². The van der Waals surface area contributed by atoms with Crippen LogP contribution in [-0.4, -0.2) is 87.5 Å². The average Bonchev–Trinajstić information content (AvgIpc) is 3.47. The number of aliphatic hydroxyl groups excluding tert-OH is 5. The topological polar surface area (TPSA) is 149 Å². The molecule has 0 aromatic rings. The SMILES string of the molecule is CCCCCCCCCCC/C=C\C/C=C\CCCCCCCCCCCCCCCCCC(=O)NC(COC1OC(CO)C(O)C(O)C1O)C(O)/C=C/CC/C=C/CCCCCCCCCCCCCCCCCCCCC. The minimum atomic E-state index is -1.57. The first-order valence-electron chi connectivity index (χ1n) is 34.4. The highest BCUT2D eigenvalue weighted by Gasteiger charge is 2.44. The molecule has 1 fully saturated rings. The van der Waals surface area contributed by atoms with Crippen LogP contribution in [0.3, 0.4) is 0 Å². The standard InChI is InChI=1S/C70H131NO8/c1-3-5-7-9-11-13-15-17-19-21-23-25-27-29-30-31-32-33-34-36-38-40-42-44-46-48-50-52-54-56-58-60-66(74)71-63(62-78-70-69(77)68(76)67(75)65(61-72)79-70)64(73)59-57-55-53-51-49-47-45-43-41-39-37-35-28-26-24-22-20-18-16-14-12-10-8-6-4-2/h23,25,29-30,49,51,57,59,63-65,67-70,72-73,75-77H,3-22,24,26-28,31-48,50,52-56,58,60-62H2,1-2H3,(H,71,74)/b25-23-,30-29-,51-49+,59-57+. The molecule has 0 aromatic carbocycles. The zero-order valence-corrected chi connectivity index (χ0v) is 51.9. The molecule has 79 heavy (non-hydrogen) atoms. The number of hydrogen-bond acceptors (Lipinski definition) is 8. The van der Waals surface area contributed by atoms with Gasteiger partial charge in [-0.15, -0.1) is 0 Å². The molecule has 464 valence electrons. The molecule has 1 saturated heterocycles. The predicted molar refractivity (Wildman–Crippen MR) is 336 cm³/mol. The maximum atomic E-state index is 13.1. The first kappa shape index (κ1) is 75.2. The van der Waals surface area contributed by atoms with Crippen molar-refractivity contribution in [1.82, 2.24) is 5.32 Å². The summed E-state index contributed by atoms with van der Waals surface area (Å²) < 4.78 is 11.3. The summed E-state index contributed by atoms with van der Waals surface area (Å²) in [6.45, 7) is 3.81. The van der Waals surface area contributed by atoms with Crippen LogP contribution in [0.2, 0.25) is 0 Å². The second kappa shape index (κ2) is 59.3. The number of nitrogens with one attached hydrogen (secondary N) is 1. The van der Waals surface area contributed by atoms with E-state index < -0.39 is 49.5 Å². The van der Waals surface area contributed by atoms with Gasteiger partial charge in [0, 0.05) is 6.42 Å². The second-order valence-electron chi connectivity index (χ2n) is 24.0. The molecular weight excluding hydrogens is 983 g/mol. The maximum Gasteiger partial charge on any atom is 0.220 e. The van der Waals surface area contributed by atoms with Crippen LogP contribution < -0.4 is 5.32 Å². The van der Waals surface area contributed by atoms with Crippen molar-refractivity contribution in [2.45, 2.75) is 378 Å². The van der Waals surface area contributed by atoms with Gasteiger partial charge >= 0.3 is 0 Å². The summed E-state index contributed by atoms with van der Waals surface area (Å²) in [5.41, 5.74) is 0. The van der Waals surface area contributed by atoms with E-state index in [0.29, 0.717) is 6.42 Å². The quantitative estimate of drug-likeness (QED) is 0.0261. The lowest BCUT2D eigenvalue weighted by Gasteiger charge is -2.40. The summed E-state index contributed by atoms with van der Waals surface area (Å²) in [6.07, 6.45) is 73.6. The number of rotatable bonds is 60. The van der Waals surface area contributed by atoms with Crippen molar-refractivity contribution in [3.05, 3.63) is 48.6 Å². The van der Waals surface area contributed by atoms with Crippen molar-refractivity contribution in [3.8, 4) is 0 Å². The molecule has 0 radical (unpaired) electrons. The lowest BCUT2D eigenvalue weighted by molar-refractivity contribution is -0.302. The molecule has 0 saturated carbocycles. The monoisotopic (exact) mass is 1110 g/mol. The molecule has 1 aliphatic rings. The Labute approximate surface area is 488 Å². The molecule has 0 aliphatic carbocycles. The minimum absolute atomic E-state index is 0.182. The number of aliphatic hydroxyl groups is 5. The largest absolute Gasteiger partial charge is 0.394 e. The highest BCUT2D eigenvalue weighted by Crippen LogP contribution is 2.23. The smallest absolute Gasteiger partial charge is 0.220 e. The summed E-state index contributed by atoms with van der Waals surface area (Å²) in [6, 6.07) is -0.824. The zero-order valence-electron chi connectivity index (χ0n) is 51.9. The van der Waals surface area contributed by atoms with E-state index in [1.807, 2.05) is 6.08 Å². The highest BCUT2D eigenvalue weighted by atomic mass is 16.7. The molecular formula is C70H131NO8. The molecule has 7 unspecified atom stereocenters. The Hall–Kier alpha value is -1.85. The van der Waals surface area contributed by atoms with E-state index in [-0.39, 0.29) is 12.5 Å². The summed E-state index contributed by atoms with van der Waals surface area (Å²) in [5, 5.41) is 54.7. The lowest BCUT2D eigenvalue weighted by Crippen LogP contribution is -2.60. The number of carbonyl (C=O) groups excluding carboxylic acids is 1. The number of ether oxygens (including phenoxy) is 2. The van der Waals surface area contributed by atoms with Gasteiger partial charge in [0.25, 0.3) is 0 Å². The number of amides is 1. The number of allylic oxidation sites excluding steroid dienone is 7. The van der Waals surface area contributed by atoms with Gasteiger partial charge in [-0.05, 0) is 64.2 Å². The van der Waals surface area contributed by atoms with Crippen LogP contribution in [0.4, 0.5) is 0 Å². The third kappa shape index (κ3) is 48.3. The van der Waals surface area contributed by atoms with Gasteiger partial charge in [0.2, 0.25) is 5.91 Å². The molecule has 1 aliphatic heterocycles. The normalized spacial score (nSPS) is 18.8. The Bertz CT molecular complexity index is 1380. The molecule has 0 spiro atoms. The Kier molecular flexibility index (Phi) is 56.4. The van der Waals surface area contributed by atoms with Gasteiger partial charge in [-0.1, -0.05) is 313 Å². The lowest BCUT2D eigenvalue weighted by atomic mass is 9.99. The summed E-state index contributed by atoms with van der Waals surface area (Å²) in [4.78, 5) is 13.1. The maximum absolute atomic E-state index is 13.1. The Morgan fingerprint density at radius 1 is 0.430 bits per heavy atom. The molecule has 0 aromatic heterocycles. The predicted octanol–water partition coefficient (Wildman–Crippen LogP) is 18.4. The van der Waals surface area contributed by atoms with E-state index in [4.69, 9.17) is 9.47 Å². The van der Waals surface area contributed by atoms with E-state index in [0.717, 1.165) is 44.9 Å². The Morgan fingerprint density at radius 2 is 0.759 bits per heavy atom. The van der Waals surface area contributed by atoms with E-state index in [2.05, 4.69) is 55.6 Å². The minimum Gasteiger partial charge on any atom is -0.394 e. The van der Waals surface area contributed by atoms with Crippen LogP contribution in [0.15, 0.2) is 48.6 Å². The van der Waals surface area contributed by atoms with Crippen LogP contribution in [0.25, 0.3) is 0 Å². The van der Waals surface area contributed by atoms with E-state index in [1.165, 1.54) is 270 Å². The molecule has 9 nitrogen and oxygen atoms in total. The van der Waals surface area contributed by atoms with Crippen molar-refractivity contribution >= 4 is 5.91 Å². The van der Waals surface area contributed by atoms with Crippen LogP contribution in [0.1, 0.15) is 335 Å². The van der Waals surface area contributed by atoms with Crippen LogP contribution in [0, 0.1) is 0 Å². The van der Waals surface area contributed by atoms with Crippen molar-refractivity contribution in [3.63, 3.8) is 0 Å². The summed E-state index contributed by atoms with van der Waals surface area (Å²) >= 11 is 0. The Balaban J connectivity index is 2.16. The first-order chi connectivity index (χ1) is 38.8.